The number of unbranched alkanes of at least 4 members (excludes halogenated alkanes) is 3. The molecule has 1 aliphatic heterocycles. The van der Waals surface area contributed by atoms with Crippen molar-refractivity contribution in [2.45, 2.75) is 57.2 Å². The number of carboxylic acid groups (broad SMARTS) is 1. The zero-order valence-corrected chi connectivity index (χ0v) is 17.8. The Labute approximate surface area is 174 Å². The van der Waals surface area contributed by atoms with Crippen LogP contribution in [0.2, 0.25) is 0 Å². The summed E-state index contributed by atoms with van der Waals surface area (Å²) in [6.45, 7) is 3.40. The number of likely N-dealkylation sites (tertiary alicyclic amines) is 1. The van der Waals surface area contributed by atoms with E-state index >= 15 is 0 Å². The number of hydrogen-bond acceptors (Lipinski definition) is 6. The van der Waals surface area contributed by atoms with E-state index in [1.54, 1.807) is 6.07 Å². The number of piperidine rings is 1. The number of aliphatic hydroxyl groups is 2. The number of carbonyl (C=O) groups is 1. The molecule has 0 spiro atoms. The summed E-state index contributed by atoms with van der Waals surface area (Å²) in [6.07, 6.45) is 5.43. The molecule has 1 aromatic carbocycles. The minimum absolute atomic E-state index is 0.0883. The van der Waals surface area contributed by atoms with Crippen LogP contribution in [0.4, 0.5) is 5.69 Å². The number of nitrogens with zero attached hydrogens (tertiary/aromatic N) is 2. The average molecular weight is 408 g/mol. The van der Waals surface area contributed by atoms with E-state index in [1.807, 2.05) is 31.1 Å². The molecule has 2 atom stereocenters. The van der Waals surface area contributed by atoms with Crippen LogP contribution in [0.3, 0.4) is 0 Å². The lowest BCUT2D eigenvalue weighted by molar-refractivity contribution is 0.0163. The Kier molecular flexibility index (Phi) is 9.87. The van der Waals surface area contributed by atoms with Crippen LogP contribution >= 0.6 is 0 Å². The molecule has 0 saturated carbocycles. The van der Waals surface area contributed by atoms with Crippen LogP contribution < -0.4 is 5.32 Å². The van der Waals surface area contributed by atoms with Crippen molar-refractivity contribution in [3.63, 3.8) is 0 Å². The lowest BCUT2D eigenvalue weighted by Crippen LogP contribution is -2.46. The molecular weight excluding hydrogens is 370 g/mol. The Morgan fingerprint density at radius 2 is 2.00 bits per heavy atom. The third kappa shape index (κ3) is 7.93. The highest BCUT2D eigenvalue weighted by Gasteiger charge is 2.26. The number of nitrogens with one attached hydrogen (secondary N) is 1. The Balaban J connectivity index is 1.68. The maximum absolute atomic E-state index is 11.6. The monoisotopic (exact) mass is 407 g/mol. The molecule has 0 aromatic heterocycles. The summed E-state index contributed by atoms with van der Waals surface area (Å²) >= 11 is 0. The smallest absolute Gasteiger partial charge is 0.337 e. The minimum Gasteiger partial charge on any atom is -0.478 e. The van der Waals surface area contributed by atoms with Crippen LogP contribution in [0.1, 0.15) is 54.4 Å². The van der Waals surface area contributed by atoms with Crippen LogP contribution in [0.25, 0.3) is 0 Å². The van der Waals surface area contributed by atoms with Crippen molar-refractivity contribution in [1.82, 2.24) is 9.80 Å². The minimum atomic E-state index is -0.904. The van der Waals surface area contributed by atoms with Crippen molar-refractivity contribution in [3.8, 4) is 0 Å². The highest BCUT2D eigenvalue weighted by Crippen LogP contribution is 2.20. The first-order valence-electron chi connectivity index (χ1n) is 10.7. The second-order valence-electron chi connectivity index (χ2n) is 8.31. The fraction of sp³-hybridized carbons (Fsp3) is 0.682. The number of rotatable bonds is 12. The zero-order chi connectivity index (χ0) is 21.2. The van der Waals surface area contributed by atoms with Crippen molar-refractivity contribution in [1.29, 1.82) is 0 Å². The maximum Gasteiger partial charge on any atom is 0.337 e. The zero-order valence-electron chi connectivity index (χ0n) is 17.8. The fourth-order valence-electron chi connectivity index (χ4n) is 3.97. The van der Waals surface area contributed by atoms with Gasteiger partial charge in [0.25, 0.3) is 0 Å². The highest BCUT2D eigenvalue weighted by atomic mass is 16.4. The molecule has 4 N–H and O–H groups in total. The van der Waals surface area contributed by atoms with E-state index in [-0.39, 0.29) is 18.8 Å². The number of anilines is 1. The summed E-state index contributed by atoms with van der Waals surface area (Å²) in [5, 5.41) is 31.9. The number of aromatic carboxylic acids is 1. The van der Waals surface area contributed by atoms with Gasteiger partial charge in [-0.05, 0) is 64.0 Å². The second-order valence-corrected chi connectivity index (χ2v) is 8.31. The summed E-state index contributed by atoms with van der Waals surface area (Å²) < 4.78 is 0. The predicted molar refractivity (Wildman–Crippen MR) is 115 cm³/mol. The summed E-state index contributed by atoms with van der Waals surface area (Å²) in [5.74, 6) is -0.904. The first-order valence-corrected chi connectivity index (χ1v) is 10.7. The van der Waals surface area contributed by atoms with E-state index in [4.69, 9.17) is 0 Å². The standard InChI is InChI=1S/C22H37N3O4/c1-24(2)15-17-7-8-21(20(13-17)22(28)29)23-10-5-3-4-6-11-25-12-9-19(27)14-18(25)16-26/h7-8,13,18-19,23,26-27H,3-6,9-12,14-16H2,1-2H3,(H,28,29). The number of carboxylic acids is 1. The molecule has 0 bridgehead atoms. The SMILES string of the molecule is CN(C)Cc1ccc(NCCCCCCN2CCC(O)CC2CO)c(C(=O)O)c1. The van der Waals surface area contributed by atoms with Crippen molar-refractivity contribution < 1.29 is 20.1 Å². The van der Waals surface area contributed by atoms with Crippen LogP contribution in [-0.4, -0.2) is 83.6 Å². The third-order valence-electron chi connectivity index (χ3n) is 5.52. The van der Waals surface area contributed by atoms with E-state index < -0.39 is 5.97 Å². The summed E-state index contributed by atoms with van der Waals surface area (Å²) in [6, 6.07) is 5.67. The molecule has 1 aliphatic rings. The molecule has 164 valence electrons. The quantitative estimate of drug-likeness (QED) is 0.395. The van der Waals surface area contributed by atoms with E-state index in [0.717, 1.165) is 57.3 Å². The van der Waals surface area contributed by atoms with Gasteiger partial charge < -0.3 is 25.5 Å². The Bertz CT molecular complexity index is 638. The van der Waals surface area contributed by atoms with Gasteiger partial charge in [-0.1, -0.05) is 18.9 Å². The summed E-state index contributed by atoms with van der Waals surface area (Å²) in [5.41, 5.74) is 1.99. The van der Waals surface area contributed by atoms with Gasteiger partial charge in [0.1, 0.15) is 0 Å². The first kappa shape index (κ1) is 23.6. The molecule has 1 aromatic rings. The Morgan fingerprint density at radius 1 is 1.24 bits per heavy atom. The van der Waals surface area contributed by atoms with Gasteiger partial charge in [-0.25, -0.2) is 4.79 Å². The van der Waals surface area contributed by atoms with Gasteiger partial charge in [0.2, 0.25) is 0 Å². The molecule has 1 saturated heterocycles. The first-order chi connectivity index (χ1) is 13.9. The van der Waals surface area contributed by atoms with E-state index in [1.165, 1.54) is 0 Å². The number of benzene rings is 1. The number of hydrogen-bond donors (Lipinski definition) is 4. The molecule has 0 aliphatic carbocycles. The van der Waals surface area contributed by atoms with Crippen molar-refractivity contribution >= 4 is 11.7 Å². The molecule has 1 heterocycles. The van der Waals surface area contributed by atoms with Crippen molar-refractivity contribution in [3.05, 3.63) is 29.3 Å². The molecule has 0 radical (unpaired) electrons. The van der Waals surface area contributed by atoms with Gasteiger partial charge in [-0.2, -0.15) is 0 Å². The fourth-order valence-corrected chi connectivity index (χ4v) is 3.97. The molecule has 7 heteroatoms. The van der Waals surface area contributed by atoms with Gasteiger partial charge in [-0.3, -0.25) is 4.90 Å². The van der Waals surface area contributed by atoms with E-state index in [9.17, 15) is 20.1 Å². The molecule has 0 amide bonds. The van der Waals surface area contributed by atoms with Crippen LogP contribution in [0.5, 0.6) is 0 Å². The molecule has 1 fully saturated rings. The van der Waals surface area contributed by atoms with Crippen LogP contribution in [0.15, 0.2) is 18.2 Å². The molecule has 29 heavy (non-hydrogen) atoms. The van der Waals surface area contributed by atoms with E-state index in [0.29, 0.717) is 24.2 Å². The molecule has 2 rings (SSSR count). The summed E-state index contributed by atoms with van der Waals surface area (Å²) in [4.78, 5) is 15.9. The van der Waals surface area contributed by atoms with Crippen molar-refractivity contribution in [2.24, 2.45) is 0 Å². The second kappa shape index (κ2) is 12.1. The molecule has 7 nitrogen and oxygen atoms in total. The van der Waals surface area contributed by atoms with Gasteiger partial charge in [0, 0.05) is 31.4 Å². The number of aliphatic hydroxyl groups excluding tert-OH is 2. The predicted octanol–water partition coefficient (Wildman–Crippen LogP) is 2.24. The van der Waals surface area contributed by atoms with Crippen molar-refractivity contribution in [2.75, 3.05) is 45.7 Å². The lowest BCUT2D eigenvalue weighted by atomic mass is 9.99. The largest absolute Gasteiger partial charge is 0.478 e. The third-order valence-corrected chi connectivity index (χ3v) is 5.52. The maximum atomic E-state index is 11.6. The Morgan fingerprint density at radius 3 is 2.69 bits per heavy atom. The normalized spacial score (nSPS) is 20.2. The Hall–Kier alpha value is -1.67. The molecule has 2 unspecified atom stereocenters. The topological polar surface area (TPSA) is 96.3 Å². The van der Waals surface area contributed by atoms with E-state index in [2.05, 4.69) is 10.2 Å². The highest BCUT2D eigenvalue weighted by molar-refractivity contribution is 5.94. The van der Waals surface area contributed by atoms with Crippen LogP contribution in [-0.2, 0) is 6.54 Å². The summed E-state index contributed by atoms with van der Waals surface area (Å²) in [7, 11) is 3.93. The van der Waals surface area contributed by atoms with Crippen LogP contribution in [0, 0.1) is 0 Å². The van der Waals surface area contributed by atoms with Gasteiger partial charge in [-0.15, -0.1) is 0 Å². The lowest BCUT2D eigenvalue weighted by Gasteiger charge is -2.36. The van der Waals surface area contributed by atoms with Gasteiger partial charge in [0.15, 0.2) is 0 Å². The average Bonchev–Trinajstić information content (AvgIpc) is 2.68. The van der Waals surface area contributed by atoms with Gasteiger partial charge >= 0.3 is 5.97 Å². The van der Waals surface area contributed by atoms with Gasteiger partial charge in [0.05, 0.1) is 18.3 Å². The molecular formula is C22H37N3O4.